The number of likely N-dealkylation sites (tertiary alicyclic amines) is 1. The van der Waals surface area contributed by atoms with Gasteiger partial charge in [0.05, 0.1) is 31.9 Å². The van der Waals surface area contributed by atoms with Crippen LogP contribution in [-0.2, 0) is 36.5 Å². The number of ether oxygens (including phenoxy) is 2. The van der Waals surface area contributed by atoms with Gasteiger partial charge in [0.25, 0.3) is 5.91 Å². The van der Waals surface area contributed by atoms with Crippen LogP contribution in [0.2, 0.25) is 0 Å². The number of imidazole rings is 1. The molecule has 2 aromatic carbocycles. The molecule has 1 saturated carbocycles. The smallest absolute Gasteiger partial charge is 0.253 e. The van der Waals surface area contributed by atoms with Crippen molar-refractivity contribution in [2.45, 2.75) is 68.9 Å². The monoisotopic (exact) mass is 694 g/mol. The molecule has 0 bridgehead atoms. The molecule has 2 N–H and O–H groups in total. The summed E-state index contributed by atoms with van der Waals surface area (Å²) in [4.78, 5) is 36.2. The second-order valence-electron chi connectivity index (χ2n) is 13.6. The average molecular weight is 695 g/mol. The lowest BCUT2D eigenvalue weighted by atomic mass is 9.88. The first-order valence-corrected chi connectivity index (χ1v) is 18.6. The summed E-state index contributed by atoms with van der Waals surface area (Å²) >= 11 is 0. The van der Waals surface area contributed by atoms with Crippen LogP contribution in [0.5, 0.6) is 5.75 Å². The van der Waals surface area contributed by atoms with Crippen molar-refractivity contribution in [1.82, 2.24) is 24.1 Å². The number of hydrogen-bond donors (Lipinski definition) is 2. The molecule has 3 aromatic rings. The van der Waals surface area contributed by atoms with E-state index in [1.807, 2.05) is 80.5 Å². The number of amides is 2. The van der Waals surface area contributed by atoms with E-state index < -0.39 is 32.8 Å². The third kappa shape index (κ3) is 9.07. The molecule has 0 spiro atoms. The van der Waals surface area contributed by atoms with Crippen LogP contribution in [0, 0.1) is 5.92 Å². The molecule has 2 fully saturated rings. The first-order chi connectivity index (χ1) is 23.5. The fourth-order valence-corrected chi connectivity index (χ4v) is 8.67. The molecular formula is C36H50N6O6S. The molecule has 1 aromatic heterocycles. The van der Waals surface area contributed by atoms with E-state index in [4.69, 9.17) is 9.47 Å². The molecule has 2 heterocycles. The SMILES string of the molecule is COc1ccc(C(C)(C(=O)N2CCCC2)n2cnc(NC(=O)C(COCc3ccccc3)NS(=O)(=O)C3CCCC(CN(C)C)C3)c2)cc1. The summed E-state index contributed by atoms with van der Waals surface area (Å²) in [5, 5.41) is 2.19. The predicted octanol–water partition coefficient (Wildman–Crippen LogP) is 3.84. The number of rotatable bonds is 15. The van der Waals surface area contributed by atoms with Crippen LogP contribution in [0.3, 0.4) is 0 Å². The van der Waals surface area contributed by atoms with Crippen molar-refractivity contribution in [3.8, 4) is 5.75 Å². The fourth-order valence-electron chi connectivity index (χ4n) is 6.90. The number of nitrogens with zero attached hydrogens (tertiary/aromatic N) is 4. The van der Waals surface area contributed by atoms with Gasteiger partial charge in [-0.25, -0.2) is 18.1 Å². The number of sulfonamides is 1. The number of benzene rings is 2. The Hall–Kier alpha value is -3.78. The molecule has 1 aliphatic carbocycles. The van der Waals surface area contributed by atoms with Crippen molar-refractivity contribution in [3.05, 3.63) is 78.2 Å². The second kappa shape index (κ2) is 16.3. The summed E-state index contributed by atoms with van der Waals surface area (Å²) in [5.41, 5.74) is 0.485. The zero-order chi connectivity index (χ0) is 35.0. The van der Waals surface area contributed by atoms with E-state index in [2.05, 4.69) is 19.9 Å². The van der Waals surface area contributed by atoms with Crippen LogP contribution < -0.4 is 14.8 Å². The quantitative estimate of drug-likeness (QED) is 0.245. The number of carbonyl (C=O) groups excluding carboxylic acids is 2. The third-order valence-electron chi connectivity index (χ3n) is 9.63. The molecular weight excluding hydrogens is 644 g/mol. The summed E-state index contributed by atoms with van der Waals surface area (Å²) in [6.07, 6.45) is 7.88. The van der Waals surface area contributed by atoms with Crippen molar-refractivity contribution in [3.63, 3.8) is 0 Å². The molecule has 2 amide bonds. The van der Waals surface area contributed by atoms with Crippen LogP contribution in [0.25, 0.3) is 0 Å². The Kier molecular flexibility index (Phi) is 12.1. The minimum atomic E-state index is -3.86. The number of carbonyl (C=O) groups is 2. The standard InChI is InChI=1S/C36H50N6O6S/c1-36(35(44)41-19-8-9-20-41,29-15-17-30(47-4)18-16-29)42-23-33(37-26-42)38-34(43)32(25-48-24-27-11-6-5-7-12-27)39-49(45,46)31-14-10-13-28(21-31)22-40(2)3/h5-7,11-12,15-18,23,26,28,31-32,39H,8-10,13-14,19-22,24-25H2,1-4H3,(H,38,43). The molecule has 12 nitrogen and oxygen atoms in total. The lowest BCUT2D eigenvalue weighted by Crippen LogP contribution is -2.50. The average Bonchev–Trinajstić information content (AvgIpc) is 3.81. The van der Waals surface area contributed by atoms with Crippen LogP contribution in [0.1, 0.15) is 56.6 Å². The van der Waals surface area contributed by atoms with Gasteiger partial charge in [-0.15, -0.1) is 0 Å². The summed E-state index contributed by atoms with van der Waals surface area (Å²) in [6, 6.07) is 15.6. The van der Waals surface area contributed by atoms with E-state index in [-0.39, 0.29) is 30.9 Å². The first kappa shape index (κ1) is 36.5. The number of aromatic nitrogens is 2. The second-order valence-corrected chi connectivity index (χ2v) is 15.6. The highest BCUT2D eigenvalue weighted by molar-refractivity contribution is 7.90. The van der Waals surface area contributed by atoms with E-state index >= 15 is 0 Å². The maximum Gasteiger partial charge on any atom is 0.253 e. The Balaban J connectivity index is 1.36. The minimum absolute atomic E-state index is 0.0783. The van der Waals surface area contributed by atoms with Gasteiger partial charge in [0.2, 0.25) is 15.9 Å². The topological polar surface area (TPSA) is 135 Å². The van der Waals surface area contributed by atoms with Gasteiger partial charge in [0, 0.05) is 25.8 Å². The van der Waals surface area contributed by atoms with Crippen LogP contribution in [-0.4, -0.2) is 98.3 Å². The van der Waals surface area contributed by atoms with Crippen molar-refractivity contribution >= 4 is 27.7 Å². The molecule has 0 radical (unpaired) electrons. The Morgan fingerprint density at radius 1 is 1.04 bits per heavy atom. The summed E-state index contributed by atoms with van der Waals surface area (Å²) in [5.74, 6) is 0.446. The molecule has 13 heteroatoms. The van der Waals surface area contributed by atoms with Gasteiger partial charge in [0.15, 0.2) is 5.82 Å². The number of hydrogen-bond acceptors (Lipinski definition) is 8. The molecule has 1 aliphatic heterocycles. The third-order valence-corrected chi connectivity index (χ3v) is 11.5. The molecule has 1 saturated heterocycles. The fraction of sp³-hybridized carbons (Fsp3) is 0.528. The van der Waals surface area contributed by atoms with Crippen molar-refractivity contribution in [2.75, 3.05) is 52.8 Å². The van der Waals surface area contributed by atoms with E-state index in [1.165, 1.54) is 6.33 Å². The lowest BCUT2D eigenvalue weighted by Gasteiger charge is -2.34. The lowest BCUT2D eigenvalue weighted by molar-refractivity contribution is -0.137. The largest absolute Gasteiger partial charge is 0.497 e. The van der Waals surface area contributed by atoms with Gasteiger partial charge in [0.1, 0.15) is 17.3 Å². The highest BCUT2D eigenvalue weighted by atomic mass is 32.2. The number of methoxy groups -OCH3 is 1. The van der Waals surface area contributed by atoms with Crippen LogP contribution in [0.15, 0.2) is 67.1 Å². The Labute approximate surface area is 290 Å². The minimum Gasteiger partial charge on any atom is -0.497 e. The molecule has 5 rings (SSSR count). The van der Waals surface area contributed by atoms with E-state index in [0.29, 0.717) is 31.7 Å². The Morgan fingerprint density at radius 3 is 2.43 bits per heavy atom. The maximum absolute atomic E-state index is 14.0. The molecule has 4 atom stereocenters. The maximum atomic E-state index is 14.0. The summed E-state index contributed by atoms with van der Waals surface area (Å²) in [6.45, 7) is 4.04. The summed E-state index contributed by atoms with van der Waals surface area (Å²) in [7, 11) is 1.71. The zero-order valence-electron chi connectivity index (χ0n) is 29.0. The summed E-state index contributed by atoms with van der Waals surface area (Å²) < 4.78 is 43.1. The van der Waals surface area contributed by atoms with E-state index in [9.17, 15) is 18.0 Å². The number of anilines is 1. The highest BCUT2D eigenvalue weighted by Gasteiger charge is 2.41. The Morgan fingerprint density at radius 2 is 1.76 bits per heavy atom. The van der Waals surface area contributed by atoms with Gasteiger partial charge in [-0.3, -0.25) is 9.59 Å². The normalized spacial score (nSPS) is 20.1. The van der Waals surface area contributed by atoms with Crippen molar-refractivity contribution in [1.29, 1.82) is 0 Å². The Bertz CT molecular complexity index is 1640. The van der Waals surface area contributed by atoms with Crippen molar-refractivity contribution < 1.29 is 27.5 Å². The van der Waals surface area contributed by atoms with Gasteiger partial charge < -0.3 is 29.2 Å². The molecule has 266 valence electrons. The van der Waals surface area contributed by atoms with Crippen molar-refractivity contribution in [2.24, 2.45) is 5.92 Å². The van der Waals surface area contributed by atoms with E-state index in [1.54, 1.807) is 17.9 Å². The number of nitrogens with one attached hydrogen (secondary N) is 2. The van der Waals surface area contributed by atoms with Gasteiger partial charge in [-0.05, 0) is 82.3 Å². The van der Waals surface area contributed by atoms with Gasteiger partial charge in [-0.2, -0.15) is 0 Å². The predicted molar refractivity (Wildman–Crippen MR) is 189 cm³/mol. The van der Waals surface area contributed by atoms with Gasteiger partial charge in [-0.1, -0.05) is 48.9 Å². The zero-order valence-corrected chi connectivity index (χ0v) is 29.8. The van der Waals surface area contributed by atoms with Gasteiger partial charge >= 0.3 is 0 Å². The van der Waals surface area contributed by atoms with Crippen LogP contribution >= 0.6 is 0 Å². The van der Waals surface area contributed by atoms with Crippen LogP contribution in [0.4, 0.5) is 5.82 Å². The highest BCUT2D eigenvalue weighted by Crippen LogP contribution is 2.33. The first-order valence-electron chi connectivity index (χ1n) is 17.1. The molecule has 49 heavy (non-hydrogen) atoms. The molecule has 2 aliphatic rings. The molecule has 4 unspecified atom stereocenters. The van der Waals surface area contributed by atoms with E-state index in [0.717, 1.165) is 43.4 Å².